The van der Waals surface area contributed by atoms with Crippen molar-refractivity contribution in [2.75, 3.05) is 17.2 Å². The van der Waals surface area contributed by atoms with E-state index in [4.69, 9.17) is 0 Å². The summed E-state index contributed by atoms with van der Waals surface area (Å²) in [4.78, 5) is 4.49. The fourth-order valence-electron chi connectivity index (χ4n) is 4.28. The Labute approximate surface area is 211 Å². The van der Waals surface area contributed by atoms with Crippen LogP contribution in [0.1, 0.15) is 56.5 Å². The number of aromatic nitrogens is 4. The maximum Gasteiger partial charge on any atom is 0.148 e. The summed E-state index contributed by atoms with van der Waals surface area (Å²) in [5, 5.41) is 26.6. The third-order valence-corrected chi connectivity index (χ3v) is 6.54. The van der Waals surface area contributed by atoms with Gasteiger partial charge < -0.3 is 10.6 Å². The predicted octanol–water partition coefficient (Wildman–Crippen LogP) is 4.58. The van der Waals surface area contributed by atoms with E-state index >= 15 is 0 Å². The molecular formula is C27H29BFN7. The molecule has 1 atom stereocenters. The van der Waals surface area contributed by atoms with Gasteiger partial charge in [0.2, 0.25) is 0 Å². The predicted molar refractivity (Wildman–Crippen MR) is 142 cm³/mol. The van der Waals surface area contributed by atoms with Crippen LogP contribution in [-0.4, -0.2) is 34.4 Å². The molecule has 1 saturated carbocycles. The number of benzene rings is 2. The molecule has 0 saturated heterocycles. The average Bonchev–Trinajstić information content (AvgIpc) is 3.57. The maximum absolute atomic E-state index is 13.8. The van der Waals surface area contributed by atoms with Gasteiger partial charge in [0, 0.05) is 23.8 Å². The third kappa shape index (κ3) is 4.76. The van der Waals surface area contributed by atoms with Crippen LogP contribution in [0, 0.1) is 22.6 Å². The molecule has 2 heterocycles. The van der Waals surface area contributed by atoms with E-state index in [1.54, 1.807) is 18.3 Å². The van der Waals surface area contributed by atoms with Gasteiger partial charge in [-0.3, -0.25) is 4.98 Å². The van der Waals surface area contributed by atoms with Gasteiger partial charge in [0.25, 0.3) is 0 Å². The van der Waals surface area contributed by atoms with Crippen LogP contribution in [0.4, 0.5) is 15.8 Å². The molecule has 2 aromatic carbocycles. The molecule has 0 spiro atoms. The quantitative estimate of drug-likeness (QED) is 0.376. The van der Waals surface area contributed by atoms with Crippen molar-refractivity contribution in [1.29, 1.82) is 5.26 Å². The van der Waals surface area contributed by atoms with Crippen LogP contribution < -0.4 is 10.6 Å². The first-order chi connectivity index (χ1) is 17.2. The number of nitriles is 1. The van der Waals surface area contributed by atoms with Crippen molar-refractivity contribution in [3.63, 3.8) is 0 Å². The van der Waals surface area contributed by atoms with Crippen LogP contribution >= 0.6 is 0 Å². The molecule has 2 aromatic heterocycles. The number of pyridine rings is 1. The summed E-state index contributed by atoms with van der Waals surface area (Å²) >= 11 is 0. The van der Waals surface area contributed by atoms with Gasteiger partial charge in [-0.15, -0.1) is 5.10 Å². The third-order valence-electron chi connectivity index (χ3n) is 6.54. The number of halogens is 1. The highest BCUT2D eigenvalue weighted by molar-refractivity contribution is 6.19. The summed E-state index contributed by atoms with van der Waals surface area (Å²) in [6, 6.07) is 15.0. The number of nitrogens with zero attached hydrogens (tertiary/aromatic N) is 5. The second kappa shape index (κ2) is 8.94. The van der Waals surface area contributed by atoms with Gasteiger partial charge in [-0.1, -0.05) is 38.1 Å². The van der Waals surface area contributed by atoms with Gasteiger partial charge in [-0.25, -0.2) is 9.07 Å². The molecule has 5 rings (SSSR count). The Kier molecular flexibility index (Phi) is 5.91. The Morgan fingerprint density at radius 1 is 1.17 bits per heavy atom. The molecule has 0 radical (unpaired) electrons. The first-order valence-electron chi connectivity index (χ1n) is 12.2. The molecule has 1 aliphatic carbocycles. The Hall–Kier alpha value is -3.93. The molecule has 1 fully saturated rings. The van der Waals surface area contributed by atoms with Crippen LogP contribution in [0.15, 0.2) is 54.9 Å². The molecule has 1 aliphatic rings. The smallest absolute Gasteiger partial charge is 0.148 e. The van der Waals surface area contributed by atoms with Crippen molar-refractivity contribution in [3.8, 4) is 6.07 Å². The van der Waals surface area contributed by atoms with Crippen molar-refractivity contribution < 1.29 is 4.39 Å². The molecule has 9 heteroatoms. The fourth-order valence-corrected chi connectivity index (χ4v) is 4.28. The second-order valence-electron chi connectivity index (χ2n) is 10.9. The number of hydrogen-bond donors (Lipinski definition) is 2. The van der Waals surface area contributed by atoms with Gasteiger partial charge >= 0.3 is 0 Å². The maximum atomic E-state index is 13.8. The lowest BCUT2D eigenvalue weighted by Gasteiger charge is -2.31. The minimum atomic E-state index is -0.770. The lowest BCUT2D eigenvalue weighted by Crippen LogP contribution is -2.37. The monoisotopic (exact) mass is 481 g/mol. The minimum Gasteiger partial charge on any atom is -0.383 e. The van der Waals surface area contributed by atoms with E-state index in [9.17, 15) is 9.65 Å². The first kappa shape index (κ1) is 23.8. The molecule has 0 aliphatic heterocycles. The molecule has 0 amide bonds. The van der Waals surface area contributed by atoms with E-state index in [0.717, 1.165) is 46.4 Å². The van der Waals surface area contributed by atoms with Crippen LogP contribution in [-0.2, 0) is 5.44 Å². The summed E-state index contributed by atoms with van der Waals surface area (Å²) in [5.74, 6) is -0.293. The molecule has 7 nitrogen and oxygen atoms in total. The number of nitrogens with one attached hydrogen (secondary N) is 2. The van der Waals surface area contributed by atoms with Crippen LogP contribution in [0.3, 0.4) is 0 Å². The summed E-state index contributed by atoms with van der Waals surface area (Å²) in [5.41, 5.74) is 3.75. The molecule has 36 heavy (non-hydrogen) atoms. The highest BCUT2D eigenvalue weighted by Gasteiger charge is 2.34. The lowest BCUT2D eigenvalue weighted by molar-refractivity contribution is 0.443. The van der Waals surface area contributed by atoms with Gasteiger partial charge in [-0.2, -0.15) is 5.26 Å². The van der Waals surface area contributed by atoms with Crippen molar-refractivity contribution in [2.24, 2.45) is 5.41 Å². The second-order valence-corrected chi connectivity index (χ2v) is 10.9. The Bertz CT molecular complexity index is 1450. The number of hydrogen-bond acceptors (Lipinski definition) is 6. The number of rotatable bonds is 7. The SMILES string of the molecule is B[C@](Nc1ccc2ncc(C#N)c(NCC(C)(C)C)c2c1)(c1ccc(F)cc1)c1cn(C2CC2)nn1. The van der Waals surface area contributed by atoms with Crippen LogP contribution in [0.5, 0.6) is 0 Å². The van der Waals surface area contributed by atoms with E-state index in [2.05, 4.69) is 52.8 Å². The Morgan fingerprint density at radius 3 is 2.58 bits per heavy atom. The highest BCUT2D eigenvalue weighted by Crippen LogP contribution is 2.37. The standard InChI is InChI=1S/C27H29BFN7/c1-26(2,3)16-32-25-17(13-30)14-31-23-11-8-20(12-22(23)25)33-27(28,18-4-6-19(29)7-5-18)24-15-36(35-34-24)21-9-10-21/h4-8,11-12,14-15,21,33H,9-10,16,28H2,1-3H3,(H,31,32)/t27-/m0/s1. The molecule has 4 aromatic rings. The zero-order valence-corrected chi connectivity index (χ0v) is 21.0. The van der Waals surface area contributed by atoms with Crippen molar-refractivity contribution in [1.82, 2.24) is 20.0 Å². The van der Waals surface area contributed by atoms with Crippen LogP contribution in [0.2, 0.25) is 0 Å². The largest absolute Gasteiger partial charge is 0.383 e. The average molecular weight is 481 g/mol. The van der Waals surface area contributed by atoms with E-state index in [1.807, 2.05) is 36.9 Å². The molecule has 182 valence electrons. The molecule has 0 unspecified atom stereocenters. The highest BCUT2D eigenvalue weighted by atomic mass is 19.1. The van der Waals surface area contributed by atoms with Gasteiger partial charge in [0.05, 0.1) is 34.4 Å². The normalized spacial score (nSPS) is 15.3. The topological polar surface area (TPSA) is 91.5 Å². The zero-order chi connectivity index (χ0) is 25.5. The minimum absolute atomic E-state index is 0.0344. The Balaban J connectivity index is 1.58. The van der Waals surface area contributed by atoms with Crippen molar-refractivity contribution >= 4 is 30.1 Å². The van der Waals surface area contributed by atoms with E-state index in [0.29, 0.717) is 18.2 Å². The summed E-state index contributed by atoms with van der Waals surface area (Å²) in [6.07, 6.45) is 5.79. The van der Waals surface area contributed by atoms with Crippen molar-refractivity contribution in [2.45, 2.75) is 45.1 Å². The number of fused-ring (bicyclic) bond motifs is 1. The molecule has 0 bridgehead atoms. The number of anilines is 2. The molecular weight excluding hydrogens is 452 g/mol. The van der Waals surface area contributed by atoms with Gasteiger partial charge in [0.1, 0.15) is 25.4 Å². The van der Waals surface area contributed by atoms with E-state index < -0.39 is 5.44 Å². The van der Waals surface area contributed by atoms with E-state index in [1.165, 1.54) is 12.1 Å². The summed E-state index contributed by atoms with van der Waals surface area (Å²) in [6.45, 7) is 7.14. The fraction of sp³-hybridized carbons (Fsp3) is 0.333. The van der Waals surface area contributed by atoms with Crippen LogP contribution in [0.25, 0.3) is 10.9 Å². The first-order valence-corrected chi connectivity index (χ1v) is 12.2. The van der Waals surface area contributed by atoms with Gasteiger partial charge in [-0.05, 0) is 54.2 Å². The Morgan fingerprint density at radius 2 is 1.92 bits per heavy atom. The van der Waals surface area contributed by atoms with Crippen molar-refractivity contribution in [3.05, 3.63) is 77.5 Å². The zero-order valence-electron chi connectivity index (χ0n) is 21.0. The van der Waals surface area contributed by atoms with E-state index in [-0.39, 0.29) is 11.2 Å². The lowest BCUT2D eigenvalue weighted by atomic mass is 9.69. The van der Waals surface area contributed by atoms with Gasteiger partial charge in [0.15, 0.2) is 0 Å². The molecule has 2 N–H and O–H groups in total. The summed E-state index contributed by atoms with van der Waals surface area (Å²) in [7, 11) is 2.02. The summed E-state index contributed by atoms with van der Waals surface area (Å²) < 4.78 is 15.7.